The number of pyridine rings is 1. The standard InChI is InChI=1S/C15H22ClN3O/c1-2-4-11-5-3-7-19(8-6-11)15(20)12-9-14(16)18-10-13(12)17/h9-11H,2-8,17H2,1H3. The van der Waals surface area contributed by atoms with Crippen LogP contribution in [0.25, 0.3) is 0 Å². The SMILES string of the molecule is CCCC1CCCN(C(=O)c2cc(Cl)ncc2N)CC1. The van der Waals surface area contributed by atoms with Crippen LogP contribution in [0.1, 0.15) is 49.4 Å². The van der Waals surface area contributed by atoms with Gasteiger partial charge in [-0.3, -0.25) is 4.79 Å². The van der Waals surface area contributed by atoms with E-state index in [1.165, 1.54) is 25.5 Å². The highest BCUT2D eigenvalue weighted by Gasteiger charge is 2.22. The van der Waals surface area contributed by atoms with E-state index in [2.05, 4.69) is 11.9 Å². The highest BCUT2D eigenvalue weighted by molar-refractivity contribution is 6.29. The molecule has 110 valence electrons. The first-order chi connectivity index (χ1) is 9.61. The van der Waals surface area contributed by atoms with Crippen LogP contribution < -0.4 is 5.73 Å². The number of halogens is 1. The van der Waals surface area contributed by atoms with Crippen LogP contribution in [-0.4, -0.2) is 28.9 Å². The summed E-state index contributed by atoms with van der Waals surface area (Å²) in [6.07, 6.45) is 7.28. The fourth-order valence-corrected chi connectivity index (χ4v) is 3.02. The summed E-state index contributed by atoms with van der Waals surface area (Å²) in [7, 11) is 0. The lowest BCUT2D eigenvalue weighted by Crippen LogP contribution is -2.32. The molecule has 2 rings (SSSR count). The predicted octanol–water partition coefficient (Wildman–Crippen LogP) is 3.36. The summed E-state index contributed by atoms with van der Waals surface area (Å²) in [5.74, 6) is 0.722. The lowest BCUT2D eigenvalue weighted by molar-refractivity contribution is 0.0761. The van der Waals surface area contributed by atoms with Gasteiger partial charge < -0.3 is 10.6 Å². The Balaban J connectivity index is 2.07. The van der Waals surface area contributed by atoms with E-state index in [1.54, 1.807) is 6.07 Å². The van der Waals surface area contributed by atoms with Crippen LogP contribution in [0.4, 0.5) is 5.69 Å². The maximum atomic E-state index is 12.5. The molecule has 1 amide bonds. The number of nitrogens with zero attached hydrogens (tertiary/aromatic N) is 2. The van der Waals surface area contributed by atoms with E-state index in [0.717, 1.165) is 31.8 Å². The summed E-state index contributed by atoms with van der Waals surface area (Å²) < 4.78 is 0. The molecule has 1 unspecified atom stereocenters. The fourth-order valence-electron chi connectivity index (χ4n) is 2.86. The molecule has 1 aliphatic rings. The van der Waals surface area contributed by atoms with Gasteiger partial charge in [0.05, 0.1) is 17.4 Å². The average Bonchev–Trinajstić information content (AvgIpc) is 2.67. The van der Waals surface area contributed by atoms with Gasteiger partial charge in [-0.05, 0) is 31.2 Å². The van der Waals surface area contributed by atoms with Gasteiger partial charge in [0.25, 0.3) is 5.91 Å². The van der Waals surface area contributed by atoms with Crippen LogP contribution in [0, 0.1) is 5.92 Å². The third kappa shape index (κ3) is 3.63. The zero-order chi connectivity index (χ0) is 14.5. The van der Waals surface area contributed by atoms with Crippen molar-refractivity contribution in [2.75, 3.05) is 18.8 Å². The number of carbonyl (C=O) groups is 1. The highest BCUT2D eigenvalue weighted by Crippen LogP contribution is 2.24. The number of likely N-dealkylation sites (tertiary alicyclic amines) is 1. The number of amides is 1. The molecule has 2 heterocycles. The summed E-state index contributed by atoms with van der Waals surface area (Å²) >= 11 is 5.86. The van der Waals surface area contributed by atoms with Gasteiger partial charge in [0.15, 0.2) is 0 Å². The second-order valence-electron chi connectivity index (χ2n) is 5.47. The normalized spacial score (nSPS) is 19.7. The molecule has 0 radical (unpaired) electrons. The minimum Gasteiger partial charge on any atom is -0.397 e. The summed E-state index contributed by atoms with van der Waals surface area (Å²) in [6, 6.07) is 1.56. The van der Waals surface area contributed by atoms with Crippen molar-refractivity contribution in [2.24, 2.45) is 5.92 Å². The van der Waals surface area contributed by atoms with Crippen LogP contribution in [0.3, 0.4) is 0 Å². The number of hydrogen-bond donors (Lipinski definition) is 1. The molecule has 0 aromatic carbocycles. The summed E-state index contributed by atoms with van der Waals surface area (Å²) in [6.45, 7) is 3.83. The van der Waals surface area contributed by atoms with E-state index in [-0.39, 0.29) is 5.91 Å². The van der Waals surface area contributed by atoms with E-state index >= 15 is 0 Å². The van der Waals surface area contributed by atoms with Gasteiger partial charge in [0.2, 0.25) is 0 Å². The molecule has 0 aliphatic carbocycles. The maximum Gasteiger partial charge on any atom is 0.256 e. The van der Waals surface area contributed by atoms with Crippen molar-refractivity contribution in [1.82, 2.24) is 9.88 Å². The molecule has 20 heavy (non-hydrogen) atoms. The van der Waals surface area contributed by atoms with Crippen molar-refractivity contribution in [3.8, 4) is 0 Å². The van der Waals surface area contributed by atoms with E-state index in [9.17, 15) is 4.79 Å². The number of hydrogen-bond acceptors (Lipinski definition) is 3. The Morgan fingerprint density at radius 2 is 2.30 bits per heavy atom. The molecule has 0 spiro atoms. The number of nitrogens with two attached hydrogens (primary N) is 1. The number of nitrogen functional groups attached to an aromatic ring is 1. The van der Waals surface area contributed by atoms with Gasteiger partial charge in [-0.25, -0.2) is 4.98 Å². The number of anilines is 1. The predicted molar refractivity (Wildman–Crippen MR) is 81.8 cm³/mol. The highest BCUT2D eigenvalue weighted by atomic mass is 35.5. The average molecular weight is 296 g/mol. The molecular formula is C15H22ClN3O. The van der Waals surface area contributed by atoms with E-state index in [1.807, 2.05) is 4.90 Å². The van der Waals surface area contributed by atoms with Gasteiger partial charge in [0.1, 0.15) is 5.15 Å². The molecule has 1 aromatic heterocycles. The van der Waals surface area contributed by atoms with Crippen LogP contribution >= 0.6 is 11.6 Å². The topological polar surface area (TPSA) is 59.2 Å². The monoisotopic (exact) mass is 295 g/mol. The Kier molecular flexibility index (Phi) is 5.24. The molecule has 1 fully saturated rings. The van der Waals surface area contributed by atoms with Crippen molar-refractivity contribution in [3.63, 3.8) is 0 Å². The minimum absolute atomic E-state index is 0.0241. The van der Waals surface area contributed by atoms with E-state index in [0.29, 0.717) is 16.4 Å². The molecule has 4 nitrogen and oxygen atoms in total. The number of rotatable bonds is 3. The summed E-state index contributed by atoms with van der Waals surface area (Å²) in [5, 5.41) is 0.307. The third-order valence-electron chi connectivity index (χ3n) is 3.96. The zero-order valence-corrected chi connectivity index (χ0v) is 12.7. The number of carbonyl (C=O) groups excluding carboxylic acids is 1. The van der Waals surface area contributed by atoms with Gasteiger partial charge in [-0.15, -0.1) is 0 Å². The van der Waals surface area contributed by atoms with Gasteiger partial charge >= 0.3 is 0 Å². The van der Waals surface area contributed by atoms with Crippen LogP contribution in [-0.2, 0) is 0 Å². The molecule has 2 N–H and O–H groups in total. The van der Waals surface area contributed by atoms with Gasteiger partial charge in [-0.2, -0.15) is 0 Å². The molecule has 1 atom stereocenters. The lowest BCUT2D eigenvalue weighted by Gasteiger charge is -2.21. The van der Waals surface area contributed by atoms with Crippen molar-refractivity contribution in [3.05, 3.63) is 23.0 Å². The Morgan fingerprint density at radius 3 is 3.05 bits per heavy atom. The molecule has 1 saturated heterocycles. The Bertz CT molecular complexity index is 478. The van der Waals surface area contributed by atoms with Gasteiger partial charge in [-0.1, -0.05) is 31.4 Å². The molecule has 0 saturated carbocycles. The van der Waals surface area contributed by atoms with Crippen molar-refractivity contribution < 1.29 is 4.79 Å². The van der Waals surface area contributed by atoms with Crippen LogP contribution in [0.2, 0.25) is 5.15 Å². The Hall–Kier alpha value is -1.29. The quantitative estimate of drug-likeness (QED) is 0.870. The van der Waals surface area contributed by atoms with Crippen LogP contribution in [0.5, 0.6) is 0 Å². The lowest BCUT2D eigenvalue weighted by atomic mass is 9.96. The molecule has 0 bridgehead atoms. The maximum absolute atomic E-state index is 12.5. The third-order valence-corrected chi connectivity index (χ3v) is 4.17. The second kappa shape index (κ2) is 6.93. The first-order valence-electron chi connectivity index (χ1n) is 7.32. The largest absolute Gasteiger partial charge is 0.397 e. The Morgan fingerprint density at radius 1 is 1.50 bits per heavy atom. The number of aromatic nitrogens is 1. The fraction of sp³-hybridized carbons (Fsp3) is 0.600. The smallest absolute Gasteiger partial charge is 0.256 e. The molecule has 1 aromatic rings. The second-order valence-corrected chi connectivity index (χ2v) is 5.86. The van der Waals surface area contributed by atoms with Crippen molar-refractivity contribution in [2.45, 2.75) is 39.0 Å². The first-order valence-corrected chi connectivity index (χ1v) is 7.70. The molecule has 5 heteroatoms. The molecule has 1 aliphatic heterocycles. The van der Waals surface area contributed by atoms with Crippen molar-refractivity contribution >= 4 is 23.2 Å². The minimum atomic E-state index is -0.0241. The summed E-state index contributed by atoms with van der Waals surface area (Å²) in [5.41, 5.74) is 6.71. The summed E-state index contributed by atoms with van der Waals surface area (Å²) in [4.78, 5) is 18.3. The first kappa shape index (κ1) is 15.1. The van der Waals surface area contributed by atoms with Crippen LogP contribution in [0.15, 0.2) is 12.3 Å². The zero-order valence-electron chi connectivity index (χ0n) is 11.9. The van der Waals surface area contributed by atoms with Crippen molar-refractivity contribution in [1.29, 1.82) is 0 Å². The Labute approximate surface area is 125 Å². The van der Waals surface area contributed by atoms with E-state index in [4.69, 9.17) is 17.3 Å². The van der Waals surface area contributed by atoms with Gasteiger partial charge in [0, 0.05) is 13.1 Å². The van der Waals surface area contributed by atoms with E-state index < -0.39 is 0 Å². The molecular weight excluding hydrogens is 274 g/mol.